The van der Waals surface area contributed by atoms with Crippen LogP contribution in [0.15, 0.2) is 0 Å². The molecule has 0 saturated carbocycles. The fourth-order valence-electron chi connectivity index (χ4n) is 0. The molecule has 0 rings (SSSR count). The number of rotatable bonds is 0. The first-order chi connectivity index (χ1) is 0. The zero-order valence-electron chi connectivity index (χ0n) is 2.29. The first-order valence-electron chi connectivity index (χ1n) is 0. The van der Waals surface area contributed by atoms with E-state index in [0.29, 0.717) is 0 Å². The molecule has 0 aromatic heterocycles. The summed E-state index contributed by atoms with van der Waals surface area (Å²) >= 11 is 0. The summed E-state index contributed by atoms with van der Waals surface area (Å²) in [4.78, 5) is 0. The molecule has 7 radical (unpaired) electrons. The molecule has 4 heteroatoms. The van der Waals surface area contributed by atoms with Gasteiger partial charge in [0.2, 0.25) is 0 Å². The maximum atomic E-state index is 0. The Kier molecular flexibility index (Phi) is 101. The van der Waals surface area contributed by atoms with Crippen molar-refractivity contribution in [3.63, 3.8) is 0 Å². The standard InChI is InChI=1S/Ba.Mn.Pb.Zn. The molecule has 0 amide bonds. The zero-order chi connectivity index (χ0) is 0. The summed E-state index contributed by atoms with van der Waals surface area (Å²) < 4.78 is 0. The Labute approximate surface area is 110 Å². The van der Waals surface area contributed by atoms with Crippen LogP contribution in [0.5, 0.6) is 0 Å². The summed E-state index contributed by atoms with van der Waals surface area (Å²) in [7, 11) is 0. The molecule has 0 unspecified atom stereocenters. The Morgan fingerprint density at radius 1 is 1.00 bits per heavy atom. The SMILES string of the molecule is [Ba].[Mn].[Pb].[Zn]. The van der Waals surface area contributed by atoms with E-state index in [-0.39, 0.29) is 113 Å². The fraction of sp³-hybridized carbons (Fsp3) is 0. The third kappa shape index (κ3) is 9.16. The van der Waals surface area contributed by atoms with Gasteiger partial charge in [0, 0.05) is 113 Å². The molecule has 4 heavy (non-hydrogen) atoms. The molecule has 0 bridgehead atoms. The van der Waals surface area contributed by atoms with E-state index in [1.807, 2.05) is 0 Å². The molecule has 0 saturated heterocycles. The van der Waals surface area contributed by atoms with E-state index in [4.69, 9.17) is 0 Å². The molecule has 0 nitrogen and oxygen atoms in total. The second kappa shape index (κ2) is 15.9. The molecule has 0 fully saturated rings. The van der Waals surface area contributed by atoms with Gasteiger partial charge in [0.15, 0.2) is 0 Å². The van der Waals surface area contributed by atoms with Crippen LogP contribution in [0, 0.1) is 0 Å². The van der Waals surface area contributed by atoms with Crippen molar-refractivity contribution in [2.45, 2.75) is 0 Å². The van der Waals surface area contributed by atoms with Gasteiger partial charge in [0.1, 0.15) is 0 Å². The minimum atomic E-state index is 0. The van der Waals surface area contributed by atoms with Crippen LogP contribution in [0.1, 0.15) is 0 Å². The molecule has 0 spiro atoms. The Balaban J connectivity index is 0. The van der Waals surface area contributed by atoms with Gasteiger partial charge in [-0.2, -0.15) is 0 Å². The van der Waals surface area contributed by atoms with Gasteiger partial charge in [-0.05, 0) is 0 Å². The quantitative estimate of drug-likeness (QED) is 0.413. The summed E-state index contributed by atoms with van der Waals surface area (Å²) in [6.07, 6.45) is 0. The molecule has 0 N–H and O–H groups in total. The van der Waals surface area contributed by atoms with Crippen LogP contribution in [0.25, 0.3) is 0 Å². The van der Waals surface area contributed by atoms with Crippen LogP contribution in [0.2, 0.25) is 0 Å². The van der Waals surface area contributed by atoms with Gasteiger partial charge in [0.05, 0.1) is 0 Å². The minimum absolute atomic E-state index is 0. The minimum Gasteiger partial charge on any atom is 0 e. The van der Waals surface area contributed by atoms with Crippen molar-refractivity contribution in [1.82, 2.24) is 0 Å². The van der Waals surface area contributed by atoms with Crippen molar-refractivity contribution in [1.29, 1.82) is 0 Å². The van der Waals surface area contributed by atoms with Gasteiger partial charge >= 0.3 is 0 Å². The Morgan fingerprint density at radius 2 is 1.00 bits per heavy atom. The van der Waals surface area contributed by atoms with Gasteiger partial charge in [-0.25, -0.2) is 0 Å². The molecule has 0 atom stereocenters. The molecule has 0 heterocycles. The van der Waals surface area contributed by atoms with Crippen molar-refractivity contribution >= 4 is 76.2 Å². The molecular weight excluding hydrogens is 465 g/mol. The summed E-state index contributed by atoms with van der Waals surface area (Å²) in [6, 6.07) is 0. The smallest absolute Gasteiger partial charge is 0 e. The van der Waals surface area contributed by atoms with Crippen LogP contribution in [-0.2, 0) is 36.5 Å². The Hall–Kier alpha value is 3.64. The Morgan fingerprint density at radius 3 is 1.00 bits per heavy atom. The van der Waals surface area contributed by atoms with Crippen LogP contribution < -0.4 is 0 Å². The van der Waals surface area contributed by atoms with Gasteiger partial charge in [-0.15, -0.1) is 0 Å². The van der Waals surface area contributed by atoms with Crippen LogP contribution >= 0.6 is 0 Å². The van der Waals surface area contributed by atoms with Crippen LogP contribution in [0.3, 0.4) is 0 Å². The molecular formula is BaMnPbZn. The first-order valence-corrected chi connectivity index (χ1v) is 0. The average molecular weight is 465 g/mol. The average Bonchev–Trinajstić information content (AvgIpc) is 0. The van der Waals surface area contributed by atoms with Gasteiger partial charge in [-0.3, -0.25) is 0 Å². The molecule has 0 aliphatic heterocycles. The first kappa shape index (κ1) is 25.4. The van der Waals surface area contributed by atoms with E-state index in [2.05, 4.69) is 0 Å². The Bertz CT molecular complexity index is 8.00. The fourth-order valence-corrected chi connectivity index (χ4v) is 0. The summed E-state index contributed by atoms with van der Waals surface area (Å²) in [5.41, 5.74) is 0. The third-order valence-electron chi connectivity index (χ3n) is 0. The van der Waals surface area contributed by atoms with E-state index in [1.54, 1.807) is 0 Å². The van der Waals surface area contributed by atoms with Crippen LogP contribution in [-0.4, -0.2) is 76.2 Å². The van der Waals surface area contributed by atoms with Crippen molar-refractivity contribution in [3.8, 4) is 0 Å². The predicted octanol–water partition coefficient (Wildman–Crippen LogP) is -0.767. The van der Waals surface area contributed by atoms with E-state index in [9.17, 15) is 0 Å². The van der Waals surface area contributed by atoms with Gasteiger partial charge < -0.3 is 0 Å². The largest absolute Gasteiger partial charge is 0 e. The second-order valence-corrected chi connectivity index (χ2v) is 0. The molecule has 0 aromatic carbocycles. The topological polar surface area (TPSA) is 0 Å². The normalized spacial score (nSPS) is 0. The molecule has 0 aromatic rings. The van der Waals surface area contributed by atoms with Crippen molar-refractivity contribution in [2.24, 2.45) is 0 Å². The number of hydrogen-bond donors (Lipinski definition) is 0. The third-order valence-corrected chi connectivity index (χ3v) is 0. The maximum absolute atomic E-state index is 0. The molecule has 15 valence electrons. The predicted molar refractivity (Wildman–Crippen MR) is 11.5 cm³/mol. The second-order valence-electron chi connectivity index (χ2n) is 0. The van der Waals surface area contributed by atoms with E-state index in [1.165, 1.54) is 0 Å². The van der Waals surface area contributed by atoms with E-state index in [0.717, 1.165) is 0 Å². The van der Waals surface area contributed by atoms with E-state index >= 15 is 0 Å². The van der Waals surface area contributed by atoms with Crippen molar-refractivity contribution < 1.29 is 36.5 Å². The summed E-state index contributed by atoms with van der Waals surface area (Å²) in [5.74, 6) is 0. The summed E-state index contributed by atoms with van der Waals surface area (Å²) in [6.45, 7) is 0. The van der Waals surface area contributed by atoms with Crippen molar-refractivity contribution in [3.05, 3.63) is 0 Å². The van der Waals surface area contributed by atoms with Crippen LogP contribution in [0.4, 0.5) is 0 Å². The van der Waals surface area contributed by atoms with Crippen molar-refractivity contribution in [2.75, 3.05) is 0 Å². The van der Waals surface area contributed by atoms with Gasteiger partial charge in [0.25, 0.3) is 0 Å². The summed E-state index contributed by atoms with van der Waals surface area (Å²) in [5, 5.41) is 0. The van der Waals surface area contributed by atoms with Gasteiger partial charge in [-0.1, -0.05) is 0 Å². The monoisotopic (exact) mass is 465 g/mol. The number of hydrogen-bond acceptors (Lipinski definition) is 0. The molecule has 0 aliphatic rings. The zero-order valence-corrected chi connectivity index (χ0v) is 14.8. The molecule has 0 aliphatic carbocycles. The maximum Gasteiger partial charge on any atom is 0 e. The van der Waals surface area contributed by atoms with E-state index < -0.39 is 0 Å².